The fourth-order valence-electron chi connectivity index (χ4n) is 5.87. The first-order chi connectivity index (χ1) is 16.5. The number of rotatable bonds is 5. The van der Waals surface area contributed by atoms with Crippen molar-refractivity contribution >= 4 is 17.5 Å². The Kier molecular flexibility index (Phi) is 7.18. The van der Waals surface area contributed by atoms with Crippen LogP contribution in [0, 0.1) is 28.4 Å². The monoisotopic (exact) mass is 488 g/mol. The number of anilines is 1. The van der Waals surface area contributed by atoms with E-state index in [1.165, 1.54) is 7.11 Å². The summed E-state index contributed by atoms with van der Waals surface area (Å²) in [6, 6.07) is 3.44. The summed E-state index contributed by atoms with van der Waals surface area (Å²) in [5.41, 5.74) is 1.93. The van der Waals surface area contributed by atoms with Crippen molar-refractivity contribution < 1.29 is 19.2 Å². The maximum Gasteiger partial charge on any atom is 0.410 e. The van der Waals surface area contributed by atoms with Crippen molar-refractivity contribution in [3.8, 4) is 5.75 Å². The zero-order valence-corrected chi connectivity index (χ0v) is 21.8. The number of methoxy groups -OCH3 is 1. The quantitative estimate of drug-likeness (QED) is 0.447. The Morgan fingerprint density at radius 2 is 1.77 bits per heavy atom. The molecule has 0 N–H and O–H groups in total. The van der Waals surface area contributed by atoms with Crippen LogP contribution >= 0.6 is 0 Å². The highest BCUT2D eigenvalue weighted by Crippen LogP contribution is 2.43. The molecule has 3 saturated heterocycles. The van der Waals surface area contributed by atoms with E-state index >= 15 is 0 Å². The molecule has 0 aromatic heterocycles. The molecule has 0 unspecified atom stereocenters. The molecule has 3 heterocycles. The molecule has 0 aliphatic carbocycles. The van der Waals surface area contributed by atoms with Crippen LogP contribution in [-0.2, 0) is 4.74 Å². The number of benzene rings is 1. The summed E-state index contributed by atoms with van der Waals surface area (Å²) in [4.78, 5) is 30.0. The van der Waals surface area contributed by atoms with Gasteiger partial charge in [0.2, 0.25) is 0 Å². The molecule has 3 aliphatic heterocycles. The standard InChI is InChI=1S/C26H40N4O5/c1-19-14-22(30(32)33)23(34-5)15-21(19)28-12-8-26(9-13-28)17-27(18-26)16-20-6-10-29(11-7-20)24(31)35-25(2,3)4/h14-15,20H,6-13,16-18H2,1-5H3. The molecule has 4 rings (SSSR count). The predicted octanol–water partition coefficient (Wildman–Crippen LogP) is 4.46. The largest absolute Gasteiger partial charge is 0.490 e. The Morgan fingerprint density at radius 1 is 1.14 bits per heavy atom. The first kappa shape index (κ1) is 25.5. The number of carbonyl (C=O) groups is 1. The van der Waals surface area contributed by atoms with Gasteiger partial charge in [-0.05, 0) is 70.3 Å². The fraction of sp³-hybridized carbons (Fsp3) is 0.731. The van der Waals surface area contributed by atoms with Crippen molar-refractivity contribution in [2.24, 2.45) is 11.3 Å². The molecule has 1 spiro atoms. The van der Waals surface area contributed by atoms with Crippen LogP contribution in [0.5, 0.6) is 5.75 Å². The number of hydrogen-bond acceptors (Lipinski definition) is 7. The van der Waals surface area contributed by atoms with Crippen LogP contribution in [0.3, 0.4) is 0 Å². The van der Waals surface area contributed by atoms with Gasteiger partial charge in [0.1, 0.15) is 5.60 Å². The number of nitro groups is 1. The van der Waals surface area contributed by atoms with Crippen molar-refractivity contribution in [1.82, 2.24) is 9.80 Å². The number of piperidine rings is 2. The highest BCUT2D eigenvalue weighted by atomic mass is 16.6. The number of nitrogens with zero attached hydrogens (tertiary/aromatic N) is 4. The number of aryl methyl sites for hydroxylation is 1. The molecule has 0 atom stereocenters. The highest BCUT2D eigenvalue weighted by molar-refractivity contribution is 5.68. The number of nitro benzene ring substituents is 1. The van der Waals surface area contributed by atoms with Crippen LogP contribution in [-0.4, -0.2) is 79.3 Å². The van der Waals surface area contributed by atoms with Gasteiger partial charge in [0.15, 0.2) is 5.75 Å². The van der Waals surface area contributed by atoms with E-state index < -0.39 is 5.60 Å². The van der Waals surface area contributed by atoms with E-state index in [9.17, 15) is 14.9 Å². The molecule has 0 bridgehead atoms. The molecular formula is C26H40N4O5. The molecule has 1 aromatic rings. The van der Waals surface area contributed by atoms with E-state index in [2.05, 4.69) is 9.80 Å². The van der Waals surface area contributed by atoms with E-state index in [-0.39, 0.29) is 16.7 Å². The third kappa shape index (κ3) is 5.82. The first-order valence-corrected chi connectivity index (χ1v) is 12.8. The number of ether oxygens (including phenoxy) is 2. The van der Waals surface area contributed by atoms with Crippen LogP contribution in [0.25, 0.3) is 0 Å². The van der Waals surface area contributed by atoms with Gasteiger partial charge in [-0.3, -0.25) is 10.1 Å². The Morgan fingerprint density at radius 3 is 2.31 bits per heavy atom. The smallest absolute Gasteiger partial charge is 0.410 e. The molecule has 1 aromatic carbocycles. The molecule has 9 heteroatoms. The number of hydrogen-bond donors (Lipinski definition) is 0. The summed E-state index contributed by atoms with van der Waals surface area (Å²) in [5, 5.41) is 11.3. The lowest BCUT2D eigenvalue weighted by atomic mass is 9.71. The lowest BCUT2D eigenvalue weighted by molar-refractivity contribution is -0.385. The van der Waals surface area contributed by atoms with E-state index in [0.717, 1.165) is 82.7 Å². The zero-order chi connectivity index (χ0) is 25.4. The summed E-state index contributed by atoms with van der Waals surface area (Å²) in [6.45, 7) is 14.6. The van der Waals surface area contributed by atoms with E-state index in [1.807, 2.05) is 38.7 Å². The summed E-state index contributed by atoms with van der Waals surface area (Å²) < 4.78 is 10.8. The van der Waals surface area contributed by atoms with Gasteiger partial charge in [0.25, 0.3) is 0 Å². The lowest BCUT2D eigenvalue weighted by Gasteiger charge is -2.55. The molecule has 0 saturated carbocycles. The SMILES string of the molecule is COc1cc(N2CCC3(CC2)CN(CC2CCN(C(=O)OC(C)(C)C)CC2)C3)c(C)cc1[N+](=O)[O-]. The van der Waals surface area contributed by atoms with Gasteiger partial charge in [-0.1, -0.05) is 0 Å². The third-order valence-corrected chi connectivity index (χ3v) is 7.76. The summed E-state index contributed by atoms with van der Waals surface area (Å²) in [5.74, 6) is 0.963. The molecule has 35 heavy (non-hydrogen) atoms. The van der Waals surface area contributed by atoms with E-state index in [0.29, 0.717) is 17.1 Å². The van der Waals surface area contributed by atoms with Crippen molar-refractivity contribution in [3.05, 3.63) is 27.8 Å². The van der Waals surface area contributed by atoms with E-state index in [1.54, 1.807) is 6.07 Å². The molecule has 3 fully saturated rings. The molecule has 1 amide bonds. The van der Waals surface area contributed by atoms with Gasteiger partial charge in [0, 0.05) is 63.6 Å². The lowest BCUT2D eigenvalue weighted by Crippen LogP contribution is -2.61. The van der Waals surface area contributed by atoms with Gasteiger partial charge in [-0.15, -0.1) is 0 Å². The Hall–Kier alpha value is -2.55. The minimum Gasteiger partial charge on any atom is -0.490 e. The minimum atomic E-state index is -0.446. The van der Waals surface area contributed by atoms with E-state index in [4.69, 9.17) is 9.47 Å². The van der Waals surface area contributed by atoms with Crippen LogP contribution in [0.1, 0.15) is 52.0 Å². The Bertz CT molecular complexity index is 936. The number of carbonyl (C=O) groups excluding carboxylic acids is 1. The zero-order valence-electron chi connectivity index (χ0n) is 21.8. The molecule has 194 valence electrons. The molecule has 3 aliphatic rings. The Labute approximate surface area is 208 Å². The summed E-state index contributed by atoms with van der Waals surface area (Å²) >= 11 is 0. The van der Waals surface area contributed by atoms with Crippen LogP contribution < -0.4 is 9.64 Å². The Balaban J connectivity index is 1.23. The summed E-state index contributed by atoms with van der Waals surface area (Å²) in [7, 11) is 1.48. The fourth-order valence-corrected chi connectivity index (χ4v) is 5.87. The predicted molar refractivity (Wildman–Crippen MR) is 135 cm³/mol. The summed E-state index contributed by atoms with van der Waals surface area (Å²) in [6.07, 6.45) is 4.17. The average molecular weight is 489 g/mol. The second-order valence-corrected chi connectivity index (χ2v) is 11.6. The van der Waals surface area contributed by atoms with Crippen molar-refractivity contribution in [2.45, 2.75) is 59.0 Å². The maximum absolute atomic E-state index is 12.3. The van der Waals surface area contributed by atoms with Gasteiger partial charge in [-0.2, -0.15) is 0 Å². The van der Waals surface area contributed by atoms with Crippen molar-refractivity contribution in [3.63, 3.8) is 0 Å². The van der Waals surface area contributed by atoms with Gasteiger partial charge >= 0.3 is 11.8 Å². The molecular weight excluding hydrogens is 448 g/mol. The second-order valence-electron chi connectivity index (χ2n) is 11.6. The van der Waals surface area contributed by atoms with Gasteiger partial charge < -0.3 is 24.2 Å². The first-order valence-electron chi connectivity index (χ1n) is 12.8. The highest BCUT2D eigenvalue weighted by Gasteiger charge is 2.45. The van der Waals surface area contributed by atoms with Gasteiger partial charge in [-0.25, -0.2) is 4.79 Å². The normalized spacial score (nSPS) is 21.1. The van der Waals surface area contributed by atoms with Gasteiger partial charge in [0.05, 0.1) is 12.0 Å². The second kappa shape index (κ2) is 9.84. The maximum atomic E-state index is 12.3. The average Bonchev–Trinajstić information content (AvgIpc) is 2.77. The molecule has 9 nitrogen and oxygen atoms in total. The van der Waals surface area contributed by atoms with Crippen LogP contribution in [0.4, 0.5) is 16.2 Å². The molecule has 0 radical (unpaired) electrons. The van der Waals surface area contributed by atoms with Crippen LogP contribution in [0.2, 0.25) is 0 Å². The van der Waals surface area contributed by atoms with Crippen molar-refractivity contribution in [1.29, 1.82) is 0 Å². The minimum absolute atomic E-state index is 0.0220. The van der Waals surface area contributed by atoms with Crippen LogP contribution in [0.15, 0.2) is 12.1 Å². The number of amides is 1. The third-order valence-electron chi connectivity index (χ3n) is 7.76. The van der Waals surface area contributed by atoms with Crippen molar-refractivity contribution in [2.75, 3.05) is 57.8 Å². The topological polar surface area (TPSA) is 88.4 Å². The number of likely N-dealkylation sites (tertiary alicyclic amines) is 2.